The molecule has 1 rings (SSSR count). The molecule has 13 N–H and O–H groups in total. The van der Waals surface area contributed by atoms with Crippen LogP contribution in [0.3, 0.4) is 0 Å². The Morgan fingerprint density at radius 2 is 1.49 bits per heavy atom. The number of hydrogen-bond acceptors (Lipinski definition) is 7. The summed E-state index contributed by atoms with van der Waals surface area (Å²) < 4.78 is 0. The number of nitrogens with zero attached hydrogens (tertiary/aromatic N) is 3. The molecule has 210 valence electrons. The van der Waals surface area contributed by atoms with Gasteiger partial charge in [-0.25, -0.2) is 4.79 Å². The van der Waals surface area contributed by atoms with Gasteiger partial charge in [0.2, 0.25) is 17.7 Å². The van der Waals surface area contributed by atoms with Crippen LogP contribution in [0.2, 0.25) is 0 Å². The van der Waals surface area contributed by atoms with E-state index in [0.29, 0.717) is 25.7 Å². The predicted molar refractivity (Wildman–Crippen MR) is 139 cm³/mol. The van der Waals surface area contributed by atoms with Crippen molar-refractivity contribution in [2.75, 3.05) is 19.6 Å². The molecular formula is C22H42N10O5. The van der Waals surface area contributed by atoms with Crippen LogP contribution in [-0.4, -0.2) is 89.4 Å². The van der Waals surface area contributed by atoms with E-state index in [1.807, 2.05) is 0 Å². The van der Waals surface area contributed by atoms with Crippen molar-refractivity contribution < 1.29 is 24.3 Å². The zero-order chi connectivity index (χ0) is 28.1. The van der Waals surface area contributed by atoms with Gasteiger partial charge in [0.05, 0.1) is 6.04 Å². The lowest BCUT2D eigenvalue weighted by Gasteiger charge is -2.30. The van der Waals surface area contributed by atoms with E-state index in [-0.39, 0.29) is 50.3 Å². The highest BCUT2D eigenvalue weighted by Gasteiger charge is 2.39. The van der Waals surface area contributed by atoms with E-state index in [2.05, 4.69) is 20.6 Å². The average molecular weight is 527 g/mol. The van der Waals surface area contributed by atoms with Crippen molar-refractivity contribution in [1.29, 1.82) is 0 Å². The van der Waals surface area contributed by atoms with Crippen LogP contribution in [0.25, 0.3) is 0 Å². The number of carboxylic acid groups (broad SMARTS) is 1. The lowest BCUT2D eigenvalue weighted by Crippen LogP contribution is -2.57. The Hall–Kier alpha value is -3.62. The summed E-state index contributed by atoms with van der Waals surface area (Å²) in [5.41, 5.74) is 27.2. The van der Waals surface area contributed by atoms with Crippen molar-refractivity contribution in [3.8, 4) is 0 Å². The van der Waals surface area contributed by atoms with E-state index < -0.39 is 47.9 Å². The molecule has 15 heteroatoms. The summed E-state index contributed by atoms with van der Waals surface area (Å²) in [4.78, 5) is 59.8. The fraction of sp³-hybridized carbons (Fsp3) is 0.727. The first-order chi connectivity index (χ1) is 17.3. The third-order valence-corrected chi connectivity index (χ3v) is 5.98. The van der Waals surface area contributed by atoms with E-state index in [1.54, 1.807) is 13.8 Å². The van der Waals surface area contributed by atoms with Crippen LogP contribution in [0.4, 0.5) is 0 Å². The Bertz CT molecular complexity index is 855. The largest absolute Gasteiger partial charge is 0.480 e. The smallest absolute Gasteiger partial charge is 0.326 e. The van der Waals surface area contributed by atoms with Crippen LogP contribution in [0.1, 0.15) is 52.4 Å². The number of nitrogens with two attached hydrogens (primary N) is 5. The van der Waals surface area contributed by atoms with Gasteiger partial charge < -0.3 is 49.3 Å². The van der Waals surface area contributed by atoms with E-state index >= 15 is 0 Å². The van der Waals surface area contributed by atoms with Gasteiger partial charge in [-0.05, 0) is 44.4 Å². The first-order valence-corrected chi connectivity index (χ1v) is 12.4. The molecule has 4 atom stereocenters. The maximum Gasteiger partial charge on any atom is 0.326 e. The van der Waals surface area contributed by atoms with Crippen LogP contribution >= 0.6 is 0 Å². The third kappa shape index (κ3) is 10.9. The van der Waals surface area contributed by atoms with Crippen LogP contribution in [0.5, 0.6) is 0 Å². The molecule has 0 saturated carbocycles. The van der Waals surface area contributed by atoms with Gasteiger partial charge in [0, 0.05) is 19.6 Å². The fourth-order valence-corrected chi connectivity index (χ4v) is 3.86. The zero-order valence-electron chi connectivity index (χ0n) is 21.6. The highest BCUT2D eigenvalue weighted by molar-refractivity contribution is 5.94. The van der Waals surface area contributed by atoms with Crippen LogP contribution < -0.4 is 39.3 Å². The van der Waals surface area contributed by atoms with E-state index in [1.165, 1.54) is 4.90 Å². The number of aliphatic imine (C=N–C) groups is 2. The number of amides is 3. The number of aliphatic carboxylic acids is 1. The van der Waals surface area contributed by atoms with Crippen LogP contribution in [0, 0.1) is 5.92 Å². The summed E-state index contributed by atoms with van der Waals surface area (Å²) in [6, 6.07) is -3.81. The Balaban J connectivity index is 2.94. The molecule has 1 saturated heterocycles. The van der Waals surface area contributed by atoms with Gasteiger partial charge >= 0.3 is 5.97 Å². The van der Waals surface area contributed by atoms with E-state index in [0.717, 1.165) is 0 Å². The second kappa shape index (κ2) is 15.5. The normalized spacial score (nSPS) is 17.4. The van der Waals surface area contributed by atoms with Crippen molar-refractivity contribution in [2.24, 2.45) is 44.6 Å². The number of nitrogens with one attached hydrogen (secondary N) is 2. The molecule has 1 aliphatic heterocycles. The number of carbonyl (C=O) groups excluding carboxylic acids is 3. The number of rotatable bonds is 15. The highest BCUT2D eigenvalue weighted by atomic mass is 16.4. The predicted octanol–water partition coefficient (Wildman–Crippen LogP) is -2.88. The SMILES string of the molecule is CC(C)[C@H](N)C(=O)N[C@@H](CCCN=C(N)N)C(=O)N1CCC[C@H]1C(=O)N[C@@H](CCCN=C(N)N)C(=O)O. The lowest BCUT2D eigenvalue weighted by molar-refractivity contribution is -0.145. The number of guanidine groups is 2. The monoisotopic (exact) mass is 526 g/mol. The first-order valence-electron chi connectivity index (χ1n) is 12.4. The number of likely N-dealkylation sites (tertiary alicyclic amines) is 1. The van der Waals surface area contributed by atoms with Gasteiger partial charge in [-0.1, -0.05) is 13.8 Å². The topological polar surface area (TPSA) is 271 Å². The molecule has 37 heavy (non-hydrogen) atoms. The highest BCUT2D eigenvalue weighted by Crippen LogP contribution is 2.20. The Morgan fingerprint density at radius 1 is 0.946 bits per heavy atom. The first kappa shape index (κ1) is 31.4. The van der Waals surface area contributed by atoms with Gasteiger partial charge in [-0.15, -0.1) is 0 Å². The van der Waals surface area contributed by atoms with Crippen molar-refractivity contribution in [1.82, 2.24) is 15.5 Å². The molecule has 0 bridgehead atoms. The van der Waals surface area contributed by atoms with Gasteiger partial charge in [0.1, 0.15) is 18.1 Å². The molecule has 1 heterocycles. The molecule has 0 aromatic heterocycles. The van der Waals surface area contributed by atoms with Gasteiger partial charge in [0.25, 0.3) is 0 Å². The van der Waals surface area contributed by atoms with Crippen LogP contribution in [-0.2, 0) is 19.2 Å². The molecule has 0 aromatic rings. The summed E-state index contributed by atoms with van der Waals surface area (Å²) in [5, 5.41) is 14.7. The third-order valence-electron chi connectivity index (χ3n) is 5.98. The van der Waals surface area contributed by atoms with E-state index in [9.17, 15) is 24.3 Å². The summed E-state index contributed by atoms with van der Waals surface area (Å²) in [6.45, 7) is 4.33. The average Bonchev–Trinajstić information content (AvgIpc) is 3.31. The second-order valence-electron chi connectivity index (χ2n) is 9.32. The summed E-state index contributed by atoms with van der Waals surface area (Å²) in [6.07, 6.45) is 1.97. The molecule has 0 spiro atoms. The van der Waals surface area contributed by atoms with Crippen molar-refractivity contribution in [3.05, 3.63) is 0 Å². The Morgan fingerprint density at radius 3 is 1.97 bits per heavy atom. The maximum atomic E-state index is 13.5. The number of carboxylic acids is 1. The van der Waals surface area contributed by atoms with Crippen molar-refractivity contribution >= 4 is 35.6 Å². The van der Waals surface area contributed by atoms with Crippen molar-refractivity contribution in [2.45, 2.75) is 76.5 Å². The molecule has 0 aliphatic carbocycles. The fourth-order valence-electron chi connectivity index (χ4n) is 3.86. The molecule has 1 fully saturated rings. The molecule has 0 radical (unpaired) electrons. The maximum absolute atomic E-state index is 13.5. The molecule has 0 unspecified atom stereocenters. The molecular weight excluding hydrogens is 484 g/mol. The molecule has 3 amide bonds. The van der Waals surface area contributed by atoms with Gasteiger partial charge in [-0.3, -0.25) is 24.4 Å². The Kier molecular flexibility index (Phi) is 13.1. The van der Waals surface area contributed by atoms with Crippen molar-refractivity contribution in [3.63, 3.8) is 0 Å². The number of carbonyl (C=O) groups is 4. The van der Waals surface area contributed by atoms with Gasteiger partial charge in [-0.2, -0.15) is 0 Å². The lowest BCUT2D eigenvalue weighted by atomic mass is 10.0. The molecule has 1 aliphatic rings. The molecule has 15 nitrogen and oxygen atoms in total. The standard InChI is InChI=1S/C22H42N10O5/c1-12(2)16(23)18(34)30-13(6-3-9-28-21(24)25)19(35)32-11-5-8-15(32)17(33)31-14(20(36)37)7-4-10-29-22(26)27/h12-16H,3-11,23H2,1-2H3,(H,30,34)(H,31,33)(H,36,37)(H4,24,25,28)(H4,26,27,29)/t13-,14-,15-,16-/m0/s1. The quantitative estimate of drug-likeness (QED) is 0.0613. The number of hydrogen-bond donors (Lipinski definition) is 8. The Labute approximate surface area is 216 Å². The minimum Gasteiger partial charge on any atom is -0.480 e. The summed E-state index contributed by atoms with van der Waals surface area (Å²) >= 11 is 0. The van der Waals surface area contributed by atoms with Crippen LogP contribution in [0.15, 0.2) is 9.98 Å². The zero-order valence-corrected chi connectivity index (χ0v) is 21.6. The van der Waals surface area contributed by atoms with E-state index in [4.69, 9.17) is 28.7 Å². The van der Waals surface area contributed by atoms with Gasteiger partial charge in [0.15, 0.2) is 11.9 Å². The molecule has 0 aromatic carbocycles. The minimum atomic E-state index is -1.21. The minimum absolute atomic E-state index is 0.0868. The summed E-state index contributed by atoms with van der Waals surface area (Å²) in [5.74, 6) is -3.07. The summed E-state index contributed by atoms with van der Waals surface area (Å²) in [7, 11) is 0. The second-order valence-corrected chi connectivity index (χ2v) is 9.32.